The Morgan fingerprint density at radius 1 is 0.429 bits per heavy atom. The Labute approximate surface area is 280 Å². The van der Waals surface area contributed by atoms with Crippen molar-refractivity contribution in [2.24, 2.45) is 0 Å². The van der Waals surface area contributed by atoms with Crippen LogP contribution in [0, 0.1) is 0 Å². The van der Waals surface area contributed by atoms with E-state index in [2.05, 4.69) is 120 Å². The highest BCUT2D eigenvalue weighted by Crippen LogP contribution is 2.45. The van der Waals surface area contributed by atoms with Crippen molar-refractivity contribution in [1.82, 2.24) is 9.55 Å². The fraction of sp³-hybridized carbons (Fsp3) is 0. The van der Waals surface area contributed by atoms with E-state index in [4.69, 9.17) is 13.8 Å². The highest BCUT2D eigenvalue weighted by atomic mass is 16.3. The van der Waals surface area contributed by atoms with E-state index in [0.717, 1.165) is 66.3 Å². The second kappa shape index (κ2) is 9.93. The first-order valence-corrected chi connectivity index (χ1v) is 16.5. The van der Waals surface area contributed by atoms with Crippen LogP contribution < -0.4 is 0 Å². The Balaban J connectivity index is 1.25. The first-order chi connectivity index (χ1) is 24.3. The van der Waals surface area contributed by atoms with Crippen molar-refractivity contribution >= 4 is 76.4 Å². The van der Waals surface area contributed by atoms with E-state index < -0.39 is 0 Å². The molecule has 0 bridgehead atoms. The van der Waals surface area contributed by atoms with Gasteiger partial charge in [-0.3, -0.25) is 0 Å². The van der Waals surface area contributed by atoms with Gasteiger partial charge in [0, 0.05) is 32.7 Å². The summed E-state index contributed by atoms with van der Waals surface area (Å²) in [6.07, 6.45) is 0. The lowest BCUT2D eigenvalue weighted by Crippen LogP contribution is -1.96. The molecule has 3 heterocycles. The topological polar surface area (TPSA) is 44.1 Å². The van der Waals surface area contributed by atoms with Crippen molar-refractivity contribution in [2.45, 2.75) is 0 Å². The van der Waals surface area contributed by atoms with Crippen molar-refractivity contribution < 1.29 is 8.83 Å². The van der Waals surface area contributed by atoms with Crippen LogP contribution in [0.3, 0.4) is 0 Å². The lowest BCUT2D eigenvalue weighted by molar-refractivity contribution is 0.620. The van der Waals surface area contributed by atoms with Gasteiger partial charge in [-0.05, 0) is 70.3 Å². The van der Waals surface area contributed by atoms with E-state index in [1.807, 2.05) is 42.5 Å². The van der Waals surface area contributed by atoms with Crippen LogP contribution in [0.2, 0.25) is 0 Å². The number of rotatable bonds is 3. The van der Waals surface area contributed by atoms with Crippen molar-refractivity contribution in [3.8, 4) is 28.3 Å². The molecule has 49 heavy (non-hydrogen) atoms. The van der Waals surface area contributed by atoms with Gasteiger partial charge in [-0.2, -0.15) is 0 Å². The Hall–Kier alpha value is -6.65. The number of hydrogen-bond acceptors (Lipinski definition) is 3. The van der Waals surface area contributed by atoms with Crippen molar-refractivity contribution in [2.75, 3.05) is 0 Å². The Morgan fingerprint density at radius 2 is 1.20 bits per heavy atom. The summed E-state index contributed by atoms with van der Waals surface area (Å²) in [4.78, 5) is 4.99. The predicted molar refractivity (Wildman–Crippen MR) is 202 cm³/mol. The quantitative estimate of drug-likeness (QED) is 0.196. The molecule has 0 amide bonds. The maximum atomic E-state index is 6.69. The lowest BCUT2D eigenvalue weighted by Gasteiger charge is -2.14. The fourth-order valence-corrected chi connectivity index (χ4v) is 7.84. The van der Waals surface area contributed by atoms with Gasteiger partial charge >= 0.3 is 0 Å². The van der Waals surface area contributed by atoms with E-state index in [-0.39, 0.29) is 0 Å². The maximum absolute atomic E-state index is 6.69. The van der Waals surface area contributed by atoms with Crippen molar-refractivity contribution in [3.63, 3.8) is 0 Å². The van der Waals surface area contributed by atoms with Gasteiger partial charge in [0.15, 0.2) is 5.58 Å². The van der Waals surface area contributed by atoms with E-state index >= 15 is 0 Å². The Morgan fingerprint density at radius 3 is 2.10 bits per heavy atom. The number of oxazole rings is 1. The summed E-state index contributed by atoms with van der Waals surface area (Å²) in [6, 6.07) is 55.4. The minimum atomic E-state index is 0.616. The normalized spacial score (nSPS) is 12.1. The molecule has 228 valence electrons. The second-order valence-corrected chi connectivity index (χ2v) is 12.7. The standard InChI is InChI=1S/C45H26N2O2/c1-2-12-28(13-3-1)45-46-43-32(18-10-20-39(43)49-45)30-22-24-38-35(25-30)42-40(48-38)26-29-14-5-7-16-33(29)44(42)47-36-19-9-8-17-34(36)41-31-15-6-4-11-27(31)21-23-37(41)47/h1-26H. The number of benzene rings is 8. The van der Waals surface area contributed by atoms with Gasteiger partial charge in [-0.25, -0.2) is 4.98 Å². The molecule has 0 radical (unpaired) electrons. The van der Waals surface area contributed by atoms with Crippen LogP contribution in [0.5, 0.6) is 0 Å². The van der Waals surface area contributed by atoms with Gasteiger partial charge in [0.05, 0.1) is 22.1 Å². The van der Waals surface area contributed by atoms with Crippen molar-refractivity contribution in [3.05, 3.63) is 158 Å². The van der Waals surface area contributed by atoms with Gasteiger partial charge in [-0.15, -0.1) is 0 Å². The highest BCUT2D eigenvalue weighted by molar-refractivity contribution is 6.24. The van der Waals surface area contributed by atoms with Crippen LogP contribution in [0.15, 0.2) is 167 Å². The minimum Gasteiger partial charge on any atom is -0.456 e. The van der Waals surface area contributed by atoms with Crippen molar-refractivity contribution in [1.29, 1.82) is 0 Å². The smallest absolute Gasteiger partial charge is 0.227 e. The summed E-state index contributed by atoms with van der Waals surface area (Å²) < 4.78 is 15.4. The zero-order chi connectivity index (χ0) is 32.1. The van der Waals surface area contributed by atoms with Gasteiger partial charge < -0.3 is 13.4 Å². The number of fused-ring (bicyclic) bond motifs is 10. The average molecular weight is 627 g/mol. The molecule has 11 aromatic rings. The summed E-state index contributed by atoms with van der Waals surface area (Å²) in [5.41, 5.74) is 9.80. The third-order valence-corrected chi connectivity index (χ3v) is 9.99. The SMILES string of the molecule is c1ccc(-c2nc3c(-c4ccc5oc6cc7ccccc7c(-n7c8ccccc8c8c9ccccc9ccc87)c6c5c4)cccc3o2)cc1. The third-order valence-electron chi connectivity index (χ3n) is 9.99. The molecule has 0 saturated heterocycles. The molecule has 4 nitrogen and oxygen atoms in total. The number of hydrogen-bond donors (Lipinski definition) is 0. The number of nitrogens with zero attached hydrogens (tertiary/aromatic N) is 2. The van der Waals surface area contributed by atoms with Gasteiger partial charge in [-0.1, -0.05) is 109 Å². The first-order valence-electron chi connectivity index (χ1n) is 16.5. The van der Waals surface area contributed by atoms with Crippen LogP contribution in [-0.4, -0.2) is 9.55 Å². The molecule has 0 aliphatic heterocycles. The molecule has 0 spiro atoms. The molecule has 0 atom stereocenters. The molecule has 0 aliphatic rings. The predicted octanol–water partition coefficient (Wildman–Crippen LogP) is 12.5. The third kappa shape index (κ3) is 3.77. The average Bonchev–Trinajstić information content (AvgIpc) is 3.86. The summed E-state index contributed by atoms with van der Waals surface area (Å²) in [7, 11) is 0. The zero-order valence-corrected chi connectivity index (χ0v) is 26.2. The van der Waals surface area contributed by atoms with Crippen LogP contribution in [0.25, 0.3) is 105 Å². The largest absolute Gasteiger partial charge is 0.456 e. The highest BCUT2D eigenvalue weighted by Gasteiger charge is 2.22. The van der Waals surface area contributed by atoms with Crippen LogP contribution in [0.4, 0.5) is 0 Å². The van der Waals surface area contributed by atoms with E-state index in [1.54, 1.807) is 0 Å². The molecule has 0 unspecified atom stereocenters. The zero-order valence-electron chi connectivity index (χ0n) is 26.2. The minimum absolute atomic E-state index is 0.616. The van der Waals surface area contributed by atoms with Crippen LogP contribution in [0.1, 0.15) is 0 Å². The van der Waals surface area contributed by atoms with Crippen LogP contribution >= 0.6 is 0 Å². The van der Waals surface area contributed by atoms with Gasteiger partial charge in [0.25, 0.3) is 0 Å². The summed E-state index contributed by atoms with van der Waals surface area (Å²) in [6.45, 7) is 0. The molecule has 0 aliphatic carbocycles. The van der Waals surface area contributed by atoms with Crippen LogP contribution in [-0.2, 0) is 0 Å². The van der Waals surface area contributed by atoms with Gasteiger partial charge in [0.2, 0.25) is 5.89 Å². The van der Waals surface area contributed by atoms with Gasteiger partial charge in [0.1, 0.15) is 16.7 Å². The summed E-state index contributed by atoms with van der Waals surface area (Å²) >= 11 is 0. The summed E-state index contributed by atoms with van der Waals surface area (Å²) in [5.74, 6) is 0.616. The molecule has 11 rings (SSSR count). The molecule has 0 N–H and O–H groups in total. The number of aromatic nitrogens is 2. The van der Waals surface area contributed by atoms with E-state index in [1.165, 1.54) is 32.4 Å². The molecular weight excluding hydrogens is 601 g/mol. The molecule has 0 fully saturated rings. The lowest BCUT2D eigenvalue weighted by atomic mass is 9.99. The monoisotopic (exact) mass is 626 g/mol. The molecule has 8 aromatic carbocycles. The number of para-hydroxylation sites is 2. The molecule has 4 heteroatoms. The second-order valence-electron chi connectivity index (χ2n) is 12.7. The Bertz CT molecular complexity index is 3110. The molecular formula is C45H26N2O2. The Kier molecular flexibility index (Phi) is 5.35. The van der Waals surface area contributed by atoms with E-state index in [9.17, 15) is 0 Å². The molecule has 3 aromatic heterocycles. The van der Waals surface area contributed by atoms with E-state index in [0.29, 0.717) is 5.89 Å². The fourth-order valence-electron chi connectivity index (χ4n) is 7.84. The number of furan rings is 1. The summed E-state index contributed by atoms with van der Waals surface area (Å²) in [5, 5.41) is 9.43. The maximum Gasteiger partial charge on any atom is 0.227 e. The molecule has 0 saturated carbocycles. The first kappa shape index (κ1) is 26.4.